The predicted molar refractivity (Wildman–Crippen MR) is 85.7 cm³/mol. The number of nitrogens with zero attached hydrogens (tertiary/aromatic N) is 1. The number of rotatable bonds is 6. The molecule has 0 saturated carbocycles. The minimum Gasteiger partial charge on any atom is -0.334 e. The molecule has 0 spiro atoms. The highest BCUT2D eigenvalue weighted by molar-refractivity contribution is 7.98. The molecule has 104 valence electrons. The van der Waals surface area contributed by atoms with E-state index in [-0.39, 0.29) is 5.92 Å². The molecule has 4 heteroatoms. The summed E-state index contributed by atoms with van der Waals surface area (Å²) in [7, 11) is 0. The van der Waals surface area contributed by atoms with Gasteiger partial charge < -0.3 is 4.90 Å². The van der Waals surface area contributed by atoms with Gasteiger partial charge in [-0.15, -0.1) is 0 Å². The first-order chi connectivity index (χ1) is 9.26. The molecule has 0 N–H and O–H groups in total. The summed E-state index contributed by atoms with van der Waals surface area (Å²) < 4.78 is 0. The van der Waals surface area contributed by atoms with Gasteiger partial charge in [0.1, 0.15) is 0 Å². The molecule has 19 heavy (non-hydrogen) atoms. The fourth-order valence-corrected chi connectivity index (χ4v) is 4.03. The minimum absolute atomic E-state index is 0.218. The molecule has 1 amide bonds. The highest BCUT2D eigenvalue weighted by atomic mass is 32.2. The van der Waals surface area contributed by atoms with Gasteiger partial charge in [-0.05, 0) is 24.5 Å². The van der Waals surface area contributed by atoms with E-state index < -0.39 is 0 Å². The van der Waals surface area contributed by atoms with Crippen molar-refractivity contribution in [2.45, 2.75) is 19.0 Å². The summed E-state index contributed by atoms with van der Waals surface area (Å²) in [6, 6.07) is 10.7. The summed E-state index contributed by atoms with van der Waals surface area (Å²) >= 11 is 3.61. The van der Waals surface area contributed by atoms with Crippen molar-refractivity contribution < 1.29 is 4.79 Å². The predicted octanol–water partition coefficient (Wildman–Crippen LogP) is 3.13. The number of amides is 1. The van der Waals surface area contributed by atoms with E-state index >= 15 is 0 Å². The molecule has 2 atom stereocenters. The molecule has 1 heterocycles. The maximum Gasteiger partial charge on any atom is 0.227 e. The molecule has 0 aliphatic carbocycles. The van der Waals surface area contributed by atoms with Crippen LogP contribution in [0.3, 0.4) is 0 Å². The van der Waals surface area contributed by atoms with Gasteiger partial charge >= 0.3 is 0 Å². The van der Waals surface area contributed by atoms with Gasteiger partial charge in [0.05, 0.1) is 0 Å². The van der Waals surface area contributed by atoms with Crippen LogP contribution in [-0.4, -0.2) is 40.9 Å². The van der Waals surface area contributed by atoms with Crippen LogP contribution in [0.15, 0.2) is 30.3 Å². The Bertz CT molecular complexity index is 410. The van der Waals surface area contributed by atoms with Crippen LogP contribution in [0.1, 0.15) is 12.0 Å². The third-order valence-corrected chi connectivity index (χ3v) is 5.01. The lowest BCUT2D eigenvalue weighted by Crippen LogP contribution is -2.34. The van der Waals surface area contributed by atoms with Crippen LogP contribution in [0.2, 0.25) is 0 Å². The Morgan fingerprint density at radius 1 is 1.16 bits per heavy atom. The molecule has 2 nitrogen and oxygen atoms in total. The summed E-state index contributed by atoms with van der Waals surface area (Å²) in [5.41, 5.74) is 1.23. The molecule has 0 bridgehead atoms. The number of thioether (sulfide) groups is 2. The van der Waals surface area contributed by atoms with Crippen molar-refractivity contribution in [3.05, 3.63) is 35.9 Å². The van der Waals surface area contributed by atoms with Crippen LogP contribution in [0.5, 0.6) is 0 Å². The number of carbonyl (C=O) groups is 1. The quantitative estimate of drug-likeness (QED) is 0.804. The van der Waals surface area contributed by atoms with Crippen LogP contribution in [0.25, 0.3) is 0 Å². The van der Waals surface area contributed by atoms with Crippen LogP contribution in [0.4, 0.5) is 0 Å². The Kier molecular flexibility index (Phi) is 5.64. The smallest absolute Gasteiger partial charge is 0.227 e. The zero-order chi connectivity index (χ0) is 13.7. The molecule has 0 aromatic heterocycles. The van der Waals surface area contributed by atoms with Crippen molar-refractivity contribution in [1.29, 1.82) is 0 Å². The van der Waals surface area contributed by atoms with E-state index in [1.54, 1.807) is 11.8 Å². The van der Waals surface area contributed by atoms with Crippen LogP contribution in [-0.2, 0) is 11.3 Å². The molecule has 0 radical (unpaired) electrons. The molecule has 2 rings (SSSR count). The maximum atomic E-state index is 12.5. The topological polar surface area (TPSA) is 20.3 Å². The Hall–Kier alpha value is -0.610. The summed E-state index contributed by atoms with van der Waals surface area (Å²) in [6.07, 6.45) is 5.22. The van der Waals surface area contributed by atoms with E-state index in [1.807, 2.05) is 30.0 Å². The van der Waals surface area contributed by atoms with Gasteiger partial charge in [0, 0.05) is 30.0 Å². The summed E-state index contributed by atoms with van der Waals surface area (Å²) in [4.78, 5) is 14.6. The summed E-state index contributed by atoms with van der Waals surface area (Å²) in [5.74, 6) is 2.56. The van der Waals surface area contributed by atoms with Crippen molar-refractivity contribution >= 4 is 29.4 Å². The minimum atomic E-state index is 0.218. The zero-order valence-corrected chi connectivity index (χ0v) is 13.2. The van der Waals surface area contributed by atoms with Crippen molar-refractivity contribution in [2.75, 3.05) is 24.0 Å². The average molecular weight is 295 g/mol. The number of carbonyl (C=O) groups excluding carboxylic acids is 1. The second kappa shape index (κ2) is 7.25. The number of hydrogen-bond donors (Lipinski definition) is 0. The Morgan fingerprint density at radius 3 is 2.47 bits per heavy atom. The van der Waals surface area contributed by atoms with Gasteiger partial charge in [-0.2, -0.15) is 23.5 Å². The molecule has 1 fully saturated rings. The lowest BCUT2D eigenvalue weighted by molar-refractivity contribution is -0.131. The lowest BCUT2D eigenvalue weighted by atomic mass is 10.1. The Labute approximate surface area is 124 Å². The van der Waals surface area contributed by atoms with E-state index in [1.165, 1.54) is 5.56 Å². The first kappa shape index (κ1) is 14.8. The number of benzene rings is 1. The summed E-state index contributed by atoms with van der Waals surface area (Å²) in [5, 5.41) is 0. The van der Waals surface area contributed by atoms with E-state index in [4.69, 9.17) is 0 Å². The highest BCUT2D eigenvalue weighted by Crippen LogP contribution is 2.30. The standard InChI is InChI=1S/C15H21NOS2/c1-18-10-13-8-14(11-19-2)16(15(13)17)9-12-6-4-3-5-7-12/h3-7,13-14H,8-11H2,1-2H3. The lowest BCUT2D eigenvalue weighted by Gasteiger charge is -2.24. The van der Waals surface area contributed by atoms with Crippen LogP contribution >= 0.6 is 23.5 Å². The molecule has 1 aromatic carbocycles. The SMILES string of the molecule is CSCC1CC(CSC)N(Cc2ccccc2)C1=O. The molecule has 1 aliphatic heterocycles. The second-order valence-electron chi connectivity index (χ2n) is 4.95. The van der Waals surface area contributed by atoms with Crippen LogP contribution in [0, 0.1) is 5.92 Å². The highest BCUT2D eigenvalue weighted by Gasteiger charge is 2.38. The van der Waals surface area contributed by atoms with Gasteiger partial charge in [-0.1, -0.05) is 30.3 Å². The van der Waals surface area contributed by atoms with Gasteiger partial charge in [-0.3, -0.25) is 4.79 Å². The van der Waals surface area contributed by atoms with Crippen molar-refractivity contribution in [1.82, 2.24) is 4.90 Å². The Balaban J connectivity index is 2.08. The van der Waals surface area contributed by atoms with Crippen molar-refractivity contribution in [3.63, 3.8) is 0 Å². The van der Waals surface area contributed by atoms with E-state index in [2.05, 4.69) is 29.5 Å². The zero-order valence-electron chi connectivity index (χ0n) is 11.5. The molecule has 1 saturated heterocycles. The van der Waals surface area contributed by atoms with E-state index in [9.17, 15) is 4.79 Å². The Morgan fingerprint density at radius 2 is 1.84 bits per heavy atom. The average Bonchev–Trinajstić information content (AvgIpc) is 2.70. The normalized spacial score (nSPS) is 23.1. The van der Waals surface area contributed by atoms with Crippen molar-refractivity contribution in [3.8, 4) is 0 Å². The second-order valence-corrected chi connectivity index (χ2v) is 6.77. The third kappa shape index (κ3) is 3.69. The molecule has 1 aromatic rings. The molecular weight excluding hydrogens is 274 g/mol. The monoisotopic (exact) mass is 295 g/mol. The van der Waals surface area contributed by atoms with Gasteiger partial charge in [-0.25, -0.2) is 0 Å². The largest absolute Gasteiger partial charge is 0.334 e. The van der Waals surface area contributed by atoms with Gasteiger partial charge in [0.2, 0.25) is 5.91 Å². The molecule has 2 unspecified atom stereocenters. The van der Waals surface area contributed by atoms with Gasteiger partial charge in [0.25, 0.3) is 0 Å². The first-order valence-electron chi connectivity index (χ1n) is 6.58. The van der Waals surface area contributed by atoms with Gasteiger partial charge in [0.15, 0.2) is 0 Å². The first-order valence-corrected chi connectivity index (χ1v) is 9.37. The molecule has 1 aliphatic rings. The van der Waals surface area contributed by atoms with E-state index in [0.29, 0.717) is 11.9 Å². The number of hydrogen-bond acceptors (Lipinski definition) is 3. The van der Waals surface area contributed by atoms with Crippen LogP contribution < -0.4 is 0 Å². The molecular formula is C15H21NOS2. The van der Waals surface area contributed by atoms with E-state index in [0.717, 1.165) is 24.5 Å². The number of likely N-dealkylation sites (tertiary alicyclic amines) is 1. The maximum absolute atomic E-state index is 12.5. The summed E-state index contributed by atoms with van der Waals surface area (Å²) in [6.45, 7) is 0.760. The fraction of sp³-hybridized carbons (Fsp3) is 0.533. The fourth-order valence-electron chi connectivity index (χ4n) is 2.65. The van der Waals surface area contributed by atoms with Crippen molar-refractivity contribution in [2.24, 2.45) is 5.92 Å². The third-order valence-electron chi connectivity index (χ3n) is 3.55.